The topological polar surface area (TPSA) is 116 Å². The Hall–Kier alpha value is -2.80. The molecule has 0 aromatic heterocycles. The molecular formula is C22H27N3O4. The van der Waals surface area contributed by atoms with Crippen LogP contribution in [0, 0.1) is 11.8 Å². The number of fused-ring (bicyclic) bond motifs is 2. The van der Waals surface area contributed by atoms with Gasteiger partial charge < -0.3 is 26.2 Å². The first-order chi connectivity index (χ1) is 13.9. The molecule has 1 heterocycles. The molecule has 2 fully saturated rings. The number of piperidine rings is 1. The summed E-state index contributed by atoms with van der Waals surface area (Å²) in [5.41, 5.74) is 9.23. The van der Waals surface area contributed by atoms with Crippen LogP contribution >= 0.6 is 0 Å². The van der Waals surface area contributed by atoms with Gasteiger partial charge in [0.25, 0.3) is 5.91 Å². The van der Waals surface area contributed by atoms with E-state index in [2.05, 4.69) is 22.3 Å². The van der Waals surface area contributed by atoms with Crippen molar-refractivity contribution in [3.63, 3.8) is 0 Å². The fraction of sp³-hybridized carbons (Fsp3) is 0.455. The van der Waals surface area contributed by atoms with E-state index in [4.69, 9.17) is 5.73 Å². The Morgan fingerprint density at radius 2 is 1.83 bits per heavy atom. The second-order valence-electron chi connectivity index (χ2n) is 8.18. The molecule has 1 aliphatic heterocycles. The maximum atomic E-state index is 11.9. The number of carbonyl (C=O) groups excluding carboxylic acids is 1. The molecule has 1 amide bonds. The maximum absolute atomic E-state index is 11.9. The Morgan fingerprint density at radius 1 is 1.14 bits per heavy atom. The molecule has 154 valence electrons. The van der Waals surface area contributed by atoms with Crippen LogP contribution in [-0.2, 0) is 16.0 Å². The number of aliphatic hydroxyl groups is 1. The summed E-state index contributed by atoms with van der Waals surface area (Å²) < 4.78 is 0. The predicted octanol–water partition coefficient (Wildman–Crippen LogP) is 1.83. The molecule has 1 unspecified atom stereocenters. The number of hydrogen-bond donors (Lipinski definition) is 4. The second kappa shape index (κ2) is 7.55. The molecule has 2 aliphatic carbocycles. The molecule has 0 radical (unpaired) electrons. The van der Waals surface area contributed by atoms with Crippen molar-refractivity contribution in [3.8, 4) is 0 Å². The summed E-state index contributed by atoms with van der Waals surface area (Å²) in [6.07, 6.45) is 5.01. The number of likely N-dealkylation sites (N-methyl/N-ethyl adjacent to an activating group) is 1. The average molecular weight is 397 g/mol. The van der Waals surface area contributed by atoms with Gasteiger partial charge in [0.05, 0.1) is 0 Å². The van der Waals surface area contributed by atoms with E-state index in [1.54, 1.807) is 0 Å². The summed E-state index contributed by atoms with van der Waals surface area (Å²) in [6, 6.07) is 6.65. The van der Waals surface area contributed by atoms with E-state index < -0.39 is 23.2 Å². The van der Waals surface area contributed by atoms with Gasteiger partial charge in [0.2, 0.25) is 0 Å². The summed E-state index contributed by atoms with van der Waals surface area (Å²) in [7, 11) is 1.34. The number of anilines is 1. The van der Waals surface area contributed by atoms with Gasteiger partial charge in [-0.1, -0.05) is 6.07 Å². The molecule has 3 aliphatic rings. The van der Waals surface area contributed by atoms with Crippen molar-refractivity contribution in [1.82, 2.24) is 5.32 Å². The van der Waals surface area contributed by atoms with Crippen LogP contribution in [0.1, 0.15) is 30.4 Å². The number of aliphatic hydroxyl groups excluding tert-OH is 1. The third kappa shape index (κ3) is 3.62. The summed E-state index contributed by atoms with van der Waals surface area (Å²) in [5, 5.41) is 22.2. The zero-order valence-electron chi connectivity index (χ0n) is 16.5. The lowest BCUT2D eigenvalue weighted by molar-refractivity contribution is -0.135. The van der Waals surface area contributed by atoms with Gasteiger partial charge in [-0.2, -0.15) is 0 Å². The van der Waals surface area contributed by atoms with Gasteiger partial charge in [0.15, 0.2) is 5.57 Å². The van der Waals surface area contributed by atoms with Gasteiger partial charge in [-0.05, 0) is 72.4 Å². The molecule has 0 spiro atoms. The van der Waals surface area contributed by atoms with E-state index in [-0.39, 0.29) is 0 Å². The Morgan fingerprint density at radius 3 is 2.48 bits per heavy atom. The number of nitrogens with two attached hydrogens (primary N) is 1. The van der Waals surface area contributed by atoms with Gasteiger partial charge in [0.1, 0.15) is 5.76 Å². The highest BCUT2D eigenvalue weighted by Crippen LogP contribution is 2.45. The van der Waals surface area contributed by atoms with Crippen molar-refractivity contribution < 1.29 is 19.8 Å². The molecule has 29 heavy (non-hydrogen) atoms. The Labute approximate surface area is 169 Å². The fourth-order valence-electron chi connectivity index (χ4n) is 4.60. The zero-order chi connectivity index (χ0) is 20.7. The van der Waals surface area contributed by atoms with Crippen LogP contribution < -0.4 is 16.0 Å². The largest absolute Gasteiger partial charge is 0.507 e. The predicted molar refractivity (Wildman–Crippen MR) is 110 cm³/mol. The molecule has 1 saturated heterocycles. The summed E-state index contributed by atoms with van der Waals surface area (Å²) >= 11 is 0. The normalized spacial score (nSPS) is 28.1. The molecule has 7 nitrogen and oxygen atoms in total. The van der Waals surface area contributed by atoms with Crippen LogP contribution in [0.15, 0.2) is 35.1 Å². The summed E-state index contributed by atoms with van der Waals surface area (Å²) in [5.74, 6) is -1.47. The lowest BCUT2D eigenvalue weighted by Gasteiger charge is -2.23. The number of carboxylic acid groups (broad SMARTS) is 1. The Balaban J connectivity index is 1.66. The highest BCUT2D eigenvalue weighted by Gasteiger charge is 2.53. The molecule has 3 atom stereocenters. The van der Waals surface area contributed by atoms with Crippen LogP contribution in [-0.4, -0.2) is 48.3 Å². The van der Waals surface area contributed by atoms with Crippen molar-refractivity contribution in [1.29, 1.82) is 0 Å². The van der Waals surface area contributed by atoms with Gasteiger partial charge >= 0.3 is 5.97 Å². The second-order valence-corrected chi connectivity index (χ2v) is 8.18. The minimum atomic E-state index is -1.44. The van der Waals surface area contributed by atoms with Crippen molar-refractivity contribution >= 4 is 23.6 Å². The quantitative estimate of drug-likeness (QED) is 0.267. The summed E-state index contributed by atoms with van der Waals surface area (Å²) in [6.45, 7) is 2.01. The van der Waals surface area contributed by atoms with Crippen LogP contribution in [0.3, 0.4) is 0 Å². The van der Waals surface area contributed by atoms with E-state index >= 15 is 0 Å². The standard InChI is InChI=1S/C22H27N3O4/c1-24-21(27)18(22(28)29)20(26)14-5-3-2-4-12-9-15(7-6-13(12)8-14)25-10-16-17(11-25)19(16)23/h6-9,16-17,19,26H,2-5,10-11,23H2,1H3,(H,24,27)(H,28,29)/b14-8+,20-18-/t16-,17+,19?. The first-order valence-electron chi connectivity index (χ1n) is 10.1. The lowest BCUT2D eigenvalue weighted by Crippen LogP contribution is -2.28. The Bertz CT molecular complexity index is 909. The third-order valence-electron chi connectivity index (χ3n) is 6.43. The first kappa shape index (κ1) is 19.5. The van der Waals surface area contributed by atoms with Crippen molar-refractivity contribution in [3.05, 3.63) is 46.2 Å². The number of hydrogen-bond acceptors (Lipinski definition) is 5. The van der Waals surface area contributed by atoms with Gasteiger partial charge in [-0.25, -0.2) is 4.79 Å². The highest BCUT2D eigenvalue weighted by atomic mass is 16.4. The zero-order valence-corrected chi connectivity index (χ0v) is 16.5. The van der Waals surface area contributed by atoms with Crippen LogP contribution in [0.25, 0.3) is 6.08 Å². The molecule has 1 aromatic carbocycles. The van der Waals surface area contributed by atoms with E-state index in [0.717, 1.165) is 37.9 Å². The van der Waals surface area contributed by atoms with E-state index in [1.807, 2.05) is 12.1 Å². The SMILES string of the molecule is CNC(=O)/C(C(=O)O)=C(O)\C1=C\c2ccc(N3C[C@@H]4C(N)[C@@H]4C3)cc2CCCC1. The van der Waals surface area contributed by atoms with Crippen LogP contribution in [0.4, 0.5) is 5.69 Å². The lowest BCUT2D eigenvalue weighted by atomic mass is 9.91. The molecule has 0 bridgehead atoms. The number of rotatable bonds is 4. The smallest absolute Gasteiger partial charge is 0.345 e. The van der Waals surface area contributed by atoms with Crippen molar-refractivity contribution in [2.24, 2.45) is 17.6 Å². The number of carbonyl (C=O) groups is 2. The highest BCUT2D eigenvalue weighted by molar-refractivity contribution is 6.16. The average Bonchev–Trinajstić information content (AvgIpc) is 3.08. The van der Waals surface area contributed by atoms with Gasteiger partial charge in [0, 0.05) is 31.9 Å². The van der Waals surface area contributed by atoms with E-state index in [9.17, 15) is 19.8 Å². The number of aryl methyl sites for hydroxylation is 1. The monoisotopic (exact) mass is 397 g/mol. The number of benzene rings is 1. The van der Waals surface area contributed by atoms with Crippen LogP contribution in [0.2, 0.25) is 0 Å². The van der Waals surface area contributed by atoms with Crippen molar-refractivity contribution in [2.45, 2.75) is 31.7 Å². The molecule has 4 rings (SSSR count). The maximum Gasteiger partial charge on any atom is 0.345 e. The van der Waals surface area contributed by atoms with E-state index in [1.165, 1.54) is 18.3 Å². The van der Waals surface area contributed by atoms with Gasteiger partial charge in [-0.3, -0.25) is 4.79 Å². The molecule has 7 heteroatoms. The molecule has 1 aromatic rings. The van der Waals surface area contributed by atoms with Crippen molar-refractivity contribution in [2.75, 3.05) is 25.0 Å². The molecule has 1 saturated carbocycles. The number of amides is 1. The number of nitrogens with zero attached hydrogens (tertiary/aromatic N) is 1. The number of aliphatic carboxylic acids is 1. The van der Waals surface area contributed by atoms with Crippen LogP contribution in [0.5, 0.6) is 0 Å². The van der Waals surface area contributed by atoms with Gasteiger partial charge in [-0.15, -0.1) is 0 Å². The first-order valence-corrected chi connectivity index (χ1v) is 10.1. The minimum absolute atomic E-state index is 0.361. The minimum Gasteiger partial charge on any atom is -0.507 e. The van der Waals surface area contributed by atoms with E-state index in [0.29, 0.717) is 29.9 Å². The third-order valence-corrected chi connectivity index (χ3v) is 6.43. The fourth-order valence-corrected chi connectivity index (χ4v) is 4.60. The number of allylic oxidation sites excluding steroid dienone is 1. The molecule has 5 N–H and O–H groups in total. The summed E-state index contributed by atoms with van der Waals surface area (Å²) in [4.78, 5) is 25.8. The number of carboxylic acids is 1. The number of nitrogens with one attached hydrogen (secondary N) is 1. The Kier molecular flexibility index (Phi) is 5.08. The molecular weight excluding hydrogens is 370 g/mol.